The number of hydrogen-bond acceptors (Lipinski definition) is 3. The maximum absolute atomic E-state index is 11.1. The van der Waals surface area contributed by atoms with Gasteiger partial charge in [0.25, 0.3) is 0 Å². The number of ether oxygens (including phenoxy) is 1. The van der Waals surface area contributed by atoms with Gasteiger partial charge in [-0.1, -0.05) is 25.0 Å². The van der Waals surface area contributed by atoms with Crippen molar-refractivity contribution in [2.24, 2.45) is 0 Å². The van der Waals surface area contributed by atoms with E-state index in [0.717, 1.165) is 37.7 Å². The van der Waals surface area contributed by atoms with Crippen LogP contribution < -0.4 is 0 Å². The molecule has 1 N–H and O–H groups in total. The van der Waals surface area contributed by atoms with Crippen molar-refractivity contribution in [1.82, 2.24) is 0 Å². The first-order chi connectivity index (χ1) is 7.24. The Morgan fingerprint density at radius 3 is 2.67 bits per heavy atom. The van der Waals surface area contributed by atoms with Gasteiger partial charge >= 0.3 is 5.97 Å². The van der Waals surface area contributed by atoms with Gasteiger partial charge in [-0.3, -0.25) is 4.79 Å². The normalized spacial score (nSPS) is 11.5. The fourth-order valence-corrected chi connectivity index (χ4v) is 1.40. The molecule has 15 heavy (non-hydrogen) atoms. The number of unbranched alkanes of at least 4 members (excludes halogenated alkanes) is 2. The molecule has 0 aromatic rings. The molecule has 0 aliphatic carbocycles. The first-order valence-corrected chi connectivity index (χ1v) is 5.60. The number of aliphatic hydroxyl groups excluding tert-OH is 1. The van der Waals surface area contributed by atoms with Gasteiger partial charge in [0.1, 0.15) is 0 Å². The molecule has 0 bridgehead atoms. The van der Waals surface area contributed by atoms with Crippen LogP contribution in [0.3, 0.4) is 0 Å². The van der Waals surface area contributed by atoms with Crippen molar-refractivity contribution < 1.29 is 14.6 Å². The second-order valence-electron chi connectivity index (χ2n) is 3.58. The smallest absolute Gasteiger partial charge is 0.309 e. The number of rotatable bonds is 8. The third-order valence-corrected chi connectivity index (χ3v) is 2.22. The van der Waals surface area contributed by atoms with E-state index in [0.29, 0.717) is 6.42 Å². The number of carbonyl (C=O) groups is 1. The van der Waals surface area contributed by atoms with E-state index < -0.39 is 0 Å². The summed E-state index contributed by atoms with van der Waals surface area (Å²) in [7, 11) is 1.41. The van der Waals surface area contributed by atoms with Gasteiger partial charge in [-0.2, -0.15) is 0 Å². The molecular weight excluding hydrogens is 192 g/mol. The molecule has 0 heterocycles. The summed E-state index contributed by atoms with van der Waals surface area (Å²) in [4.78, 5) is 11.1. The van der Waals surface area contributed by atoms with Crippen LogP contribution in [0.25, 0.3) is 0 Å². The first kappa shape index (κ1) is 14.2. The van der Waals surface area contributed by atoms with Crippen molar-refractivity contribution >= 4 is 5.97 Å². The highest BCUT2D eigenvalue weighted by Gasteiger charge is 2.04. The molecule has 3 nitrogen and oxygen atoms in total. The van der Waals surface area contributed by atoms with Gasteiger partial charge in [0, 0.05) is 6.61 Å². The average Bonchev–Trinajstić information content (AvgIpc) is 2.24. The van der Waals surface area contributed by atoms with Crippen molar-refractivity contribution in [1.29, 1.82) is 0 Å². The summed E-state index contributed by atoms with van der Waals surface area (Å²) in [5.41, 5.74) is 1.15. The van der Waals surface area contributed by atoms with E-state index in [4.69, 9.17) is 5.11 Å². The second kappa shape index (κ2) is 9.71. The lowest BCUT2D eigenvalue weighted by atomic mass is 10.0. The highest BCUT2D eigenvalue weighted by molar-refractivity contribution is 5.72. The molecule has 0 fully saturated rings. The Morgan fingerprint density at radius 2 is 2.13 bits per heavy atom. The molecule has 0 atom stereocenters. The molecule has 0 saturated heterocycles. The molecule has 0 rings (SSSR count). The van der Waals surface area contributed by atoms with E-state index in [1.807, 2.05) is 0 Å². The number of aliphatic hydroxyl groups is 1. The summed E-state index contributed by atoms with van der Waals surface area (Å²) in [6, 6.07) is 0. The maximum Gasteiger partial charge on any atom is 0.309 e. The molecule has 0 aliphatic rings. The van der Waals surface area contributed by atoms with Crippen molar-refractivity contribution in [3.05, 3.63) is 11.6 Å². The summed E-state index contributed by atoms with van der Waals surface area (Å²) in [5, 5.41) is 8.62. The summed E-state index contributed by atoms with van der Waals surface area (Å²) in [6.45, 7) is 2.34. The Morgan fingerprint density at radius 1 is 1.40 bits per heavy atom. The minimum atomic E-state index is -0.170. The Balaban J connectivity index is 3.94. The van der Waals surface area contributed by atoms with E-state index in [9.17, 15) is 4.79 Å². The topological polar surface area (TPSA) is 46.5 Å². The molecule has 0 radical (unpaired) electrons. The molecule has 88 valence electrons. The van der Waals surface area contributed by atoms with Crippen molar-refractivity contribution in [3.8, 4) is 0 Å². The van der Waals surface area contributed by atoms with Crippen LogP contribution in [0.2, 0.25) is 0 Å². The Kier molecular flexibility index (Phi) is 9.18. The van der Waals surface area contributed by atoms with Gasteiger partial charge in [0.2, 0.25) is 0 Å². The summed E-state index contributed by atoms with van der Waals surface area (Å²) >= 11 is 0. The standard InChI is InChI=1S/C12H22O3/c1-3-7-11(10-12(14)15-2)8-5-4-6-9-13/h8,13H,3-7,9-10H2,1-2H3/b11-8+. The van der Waals surface area contributed by atoms with Gasteiger partial charge in [-0.05, 0) is 25.7 Å². The van der Waals surface area contributed by atoms with E-state index in [-0.39, 0.29) is 12.6 Å². The van der Waals surface area contributed by atoms with E-state index in [1.165, 1.54) is 7.11 Å². The lowest BCUT2D eigenvalue weighted by Gasteiger charge is -2.04. The number of carbonyl (C=O) groups excluding carboxylic acids is 1. The summed E-state index contributed by atoms with van der Waals surface area (Å²) in [6.07, 6.45) is 7.25. The Hall–Kier alpha value is -0.830. The van der Waals surface area contributed by atoms with Crippen LogP contribution in [0.1, 0.15) is 45.4 Å². The zero-order chi connectivity index (χ0) is 11.5. The number of hydrogen-bond donors (Lipinski definition) is 1. The molecule has 0 spiro atoms. The minimum Gasteiger partial charge on any atom is -0.469 e. The van der Waals surface area contributed by atoms with Crippen LogP contribution in [0.15, 0.2) is 11.6 Å². The zero-order valence-electron chi connectivity index (χ0n) is 9.79. The van der Waals surface area contributed by atoms with Gasteiger partial charge in [0.15, 0.2) is 0 Å². The van der Waals surface area contributed by atoms with Crippen LogP contribution in [-0.2, 0) is 9.53 Å². The predicted molar refractivity (Wildman–Crippen MR) is 60.6 cm³/mol. The summed E-state index contributed by atoms with van der Waals surface area (Å²) in [5.74, 6) is -0.170. The van der Waals surface area contributed by atoms with Gasteiger partial charge < -0.3 is 9.84 Å². The van der Waals surface area contributed by atoms with Gasteiger partial charge in [-0.25, -0.2) is 0 Å². The quantitative estimate of drug-likeness (QED) is 0.383. The van der Waals surface area contributed by atoms with E-state index >= 15 is 0 Å². The monoisotopic (exact) mass is 214 g/mol. The van der Waals surface area contributed by atoms with Crippen LogP contribution >= 0.6 is 0 Å². The lowest BCUT2D eigenvalue weighted by Crippen LogP contribution is -2.02. The average molecular weight is 214 g/mol. The SMILES string of the molecule is CCC/C(=C\CCCCO)CC(=O)OC. The zero-order valence-corrected chi connectivity index (χ0v) is 9.79. The van der Waals surface area contributed by atoms with E-state index in [2.05, 4.69) is 17.7 Å². The Labute approximate surface area is 92.1 Å². The third kappa shape index (κ3) is 8.18. The number of esters is 1. The second-order valence-corrected chi connectivity index (χ2v) is 3.58. The highest BCUT2D eigenvalue weighted by atomic mass is 16.5. The molecule has 0 saturated carbocycles. The molecule has 0 aromatic heterocycles. The molecular formula is C12H22O3. The molecule has 0 unspecified atom stereocenters. The molecule has 0 aliphatic heterocycles. The highest BCUT2D eigenvalue weighted by Crippen LogP contribution is 2.12. The van der Waals surface area contributed by atoms with Gasteiger partial charge in [0.05, 0.1) is 13.5 Å². The molecule has 0 aromatic carbocycles. The van der Waals surface area contributed by atoms with Crippen molar-refractivity contribution in [2.75, 3.05) is 13.7 Å². The van der Waals surface area contributed by atoms with Crippen LogP contribution in [0.5, 0.6) is 0 Å². The maximum atomic E-state index is 11.1. The fraction of sp³-hybridized carbons (Fsp3) is 0.750. The van der Waals surface area contributed by atoms with Gasteiger partial charge in [-0.15, -0.1) is 0 Å². The number of methoxy groups -OCH3 is 1. The van der Waals surface area contributed by atoms with Crippen LogP contribution in [0, 0.1) is 0 Å². The Bertz CT molecular complexity index is 197. The molecule has 0 amide bonds. The predicted octanol–water partition coefficient (Wildman–Crippen LogP) is 2.44. The van der Waals surface area contributed by atoms with Crippen molar-refractivity contribution in [3.63, 3.8) is 0 Å². The number of allylic oxidation sites excluding steroid dienone is 1. The lowest BCUT2D eigenvalue weighted by molar-refractivity contribution is -0.139. The summed E-state index contributed by atoms with van der Waals surface area (Å²) < 4.78 is 4.63. The third-order valence-electron chi connectivity index (χ3n) is 2.22. The van der Waals surface area contributed by atoms with Crippen LogP contribution in [0.4, 0.5) is 0 Å². The van der Waals surface area contributed by atoms with E-state index in [1.54, 1.807) is 0 Å². The fourth-order valence-electron chi connectivity index (χ4n) is 1.40. The minimum absolute atomic E-state index is 0.170. The van der Waals surface area contributed by atoms with Crippen molar-refractivity contribution in [2.45, 2.75) is 45.4 Å². The molecule has 3 heteroatoms. The largest absolute Gasteiger partial charge is 0.469 e. The first-order valence-electron chi connectivity index (χ1n) is 5.60. The van der Waals surface area contributed by atoms with Crippen LogP contribution in [-0.4, -0.2) is 24.8 Å².